The number of amides is 1. The molecule has 7 heteroatoms. The first-order valence-corrected chi connectivity index (χ1v) is 6.60. The fraction of sp³-hybridized carbons (Fsp3) is 0.917. The average Bonchev–Trinajstić information content (AvgIpc) is 2.15. The van der Waals surface area contributed by atoms with E-state index in [1.165, 1.54) is 4.90 Å². The second kappa shape index (κ2) is 5.28. The zero-order valence-corrected chi connectivity index (χ0v) is 11.0. The van der Waals surface area contributed by atoms with Gasteiger partial charge in [-0.3, -0.25) is 14.6 Å². The highest BCUT2D eigenvalue weighted by Gasteiger charge is 2.41. The summed E-state index contributed by atoms with van der Waals surface area (Å²) in [6.45, 7) is 2.60. The summed E-state index contributed by atoms with van der Waals surface area (Å²) in [6, 6.07) is 0.399. The van der Waals surface area contributed by atoms with Crippen LogP contribution in [0.1, 0.15) is 19.8 Å². The molecule has 0 aromatic carbocycles. The molecule has 1 heterocycles. The van der Waals surface area contributed by atoms with Crippen molar-refractivity contribution >= 4 is 5.91 Å². The molecule has 1 saturated carbocycles. The van der Waals surface area contributed by atoms with E-state index < -0.39 is 12.7 Å². The fourth-order valence-corrected chi connectivity index (χ4v) is 3.08. The Labute approximate surface area is 110 Å². The van der Waals surface area contributed by atoms with Gasteiger partial charge in [0, 0.05) is 37.6 Å². The lowest BCUT2D eigenvalue weighted by Gasteiger charge is -2.49. The number of nitrogens with zero attached hydrogens (tertiary/aromatic N) is 2. The molecule has 1 aliphatic carbocycles. The molecule has 2 N–H and O–H groups in total. The molecule has 0 aromatic heterocycles. The van der Waals surface area contributed by atoms with Crippen LogP contribution in [0.2, 0.25) is 0 Å². The summed E-state index contributed by atoms with van der Waals surface area (Å²) in [7, 11) is 0. The first-order valence-electron chi connectivity index (χ1n) is 6.60. The van der Waals surface area contributed by atoms with Crippen LogP contribution in [0.4, 0.5) is 13.2 Å². The molecule has 1 amide bonds. The Morgan fingerprint density at radius 1 is 1.32 bits per heavy atom. The number of rotatable bonds is 3. The molecule has 0 bridgehead atoms. The zero-order chi connectivity index (χ0) is 14.2. The molecular weight excluding hydrogens is 259 g/mol. The molecule has 0 spiro atoms. The van der Waals surface area contributed by atoms with E-state index in [4.69, 9.17) is 5.73 Å². The van der Waals surface area contributed by atoms with Crippen LogP contribution in [0.15, 0.2) is 0 Å². The molecule has 0 aromatic rings. The summed E-state index contributed by atoms with van der Waals surface area (Å²) < 4.78 is 37.0. The number of carbonyl (C=O) groups excluding carboxylic acids is 1. The minimum Gasteiger partial charge on any atom is -0.369 e. The van der Waals surface area contributed by atoms with Crippen molar-refractivity contribution in [2.24, 2.45) is 11.7 Å². The third kappa shape index (κ3) is 3.60. The number of carbonyl (C=O) groups is 1. The predicted octanol–water partition coefficient (Wildman–Crippen LogP) is 0.819. The maximum atomic E-state index is 12.3. The number of primary amides is 1. The van der Waals surface area contributed by atoms with Gasteiger partial charge in [0.1, 0.15) is 0 Å². The Morgan fingerprint density at radius 2 is 1.95 bits per heavy atom. The fourth-order valence-electron chi connectivity index (χ4n) is 3.08. The second-order valence-corrected chi connectivity index (χ2v) is 5.66. The highest BCUT2D eigenvalue weighted by molar-refractivity contribution is 5.77. The summed E-state index contributed by atoms with van der Waals surface area (Å²) in [4.78, 5) is 14.6. The Bertz CT molecular complexity index is 342. The Morgan fingerprint density at radius 3 is 2.42 bits per heavy atom. The first kappa shape index (κ1) is 14.6. The maximum Gasteiger partial charge on any atom is 0.401 e. The molecule has 0 radical (unpaired) electrons. The van der Waals surface area contributed by atoms with E-state index in [2.05, 4.69) is 4.90 Å². The molecule has 0 unspecified atom stereocenters. The lowest BCUT2D eigenvalue weighted by atomic mass is 9.78. The van der Waals surface area contributed by atoms with Crippen LogP contribution in [0.3, 0.4) is 0 Å². The summed E-state index contributed by atoms with van der Waals surface area (Å²) in [6.07, 6.45) is -2.63. The maximum absolute atomic E-state index is 12.3. The van der Waals surface area contributed by atoms with Crippen molar-refractivity contribution in [3.8, 4) is 0 Å². The van der Waals surface area contributed by atoms with Gasteiger partial charge in [-0.1, -0.05) is 0 Å². The van der Waals surface area contributed by atoms with E-state index >= 15 is 0 Å². The van der Waals surface area contributed by atoms with Crippen LogP contribution in [-0.2, 0) is 4.79 Å². The minimum absolute atomic E-state index is 0.0506. The van der Waals surface area contributed by atoms with Crippen LogP contribution in [0.25, 0.3) is 0 Å². The molecule has 1 aliphatic heterocycles. The van der Waals surface area contributed by atoms with Crippen LogP contribution >= 0.6 is 0 Å². The quantitative estimate of drug-likeness (QED) is 0.832. The van der Waals surface area contributed by atoms with Gasteiger partial charge in [-0.25, -0.2) is 0 Å². The second-order valence-electron chi connectivity index (χ2n) is 5.66. The summed E-state index contributed by atoms with van der Waals surface area (Å²) in [5.41, 5.74) is 5.22. The van der Waals surface area contributed by atoms with Crippen molar-refractivity contribution in [1.29, 1.82) is 0 Å². The SMILES string of the molecule is C[C@H]1CN(CC(F)(F)F)CCN1C1CC(C(N)=O)C1. The normalized spacial score (nSPS) is 34.0. The van der Waals surface area contributed by atoms with Gasteiger partial charge in [0.05, 0.1) is 6.54 Å². The monoisotopic (exact) mass is 279 g/mol. The van der Waals surface area contributed by atoms with Gasteiger partial charge in [0.15, 0.2) is 0 Å². The molecule has 1 saturated heterocycles. The van der Waals surface area contributed by atoms with Gasteiger partial charge in [-0.2, -0.15) is 13.2 Å². The standard InChI is InChI=1S/C12H20F3N3O/c1-8-6-17(7-12(13,14)15)2-3-18(8)10-4-9(5-10)11(16)19/h8-10H,2-7H2,1H3,(H2,16,19)/t8-,9?,10?/m0/s1. The van der Waals surface area contributed by atoms with E-state index in [9.17, 15) is 18.0 Å². The van der Waals surface area contributed by atoms with E-state index in [1.54, 1.807) is 0 Å². The highest BCUT2D eigenvalue weighted by atomic mass is 19.4. The molecule has 2 rings (SSSR count). The van der Waals surface area contributed by atoms with Crippen LogP contribution in [0, 0.1) is 5.92 Å². The summed E-state index contributed by atoms with van der Waals surface area (Å²) in [5.74, 6) is -0.315. The van der Waals surface area contributed by atoms with Crippen LogP contribution in [-0.4, -0.2) is 60.1 Å². The van der Waals surface area contributed by atoms with Crippen molar-refractivity contribution in [3.05, 3.63) is 0 Å². The summed E-state index contributed by atoms with van der Waals surface area (Å²) in [5, 5.41) is 0. The van der Waals surface area contributed by atoms with Gasteiger partial charge >= 0.3 is 6.18 Å². The first-order chi connectivity index (χ1) is 8.76. The van der Waals surface area contributed by atoms with Gasteiger partial charge < -0.3 is 5.73 Å². The minimum atomic E-state index is -4.13. The Balaban J connectivity index is 1.80. The van der Waals surface area contributed by atoms with E-state index in [1.807, 2.05) is 6.92 Å². The van der Waals surface area contributed by atoms with Crippen molar-refractivity contribution in [2.45, 2.75) is 38.0 Å². The number of alkyl halides is 3. The van der Waals surface area contributed by atoms with Crippen LogP contribution < -0.4 is 5.73 Å². The smallest absolute Gasteiger partial charge is 0.369 e. The molecule has 1 atom stereocenters. The predicted molar refractivity (Wildman–Crippen MR) is 64.4 cm³/mol. The topological polar surface area (TPSA) is 49.6 Å². The van der Waals surface area contributed by atoms with Gasteiger partial charge in [-0.15, -0.1) is 0 Å². The van der Waals surface area contributed by atoms with Crippen molar-refractivity contribution < 1.29 is 18.0 Å². The van der Waals surface area contributed by atoms with Crippen molar-refractivity contribution in [1.82, 2.24) is 9.80 Å². The number of halogens is 3. The van der Waals surface area contributed by atoms with Crippen molar-refractivity contribution in [2.75, 3.05) is 26.2 Å². The molecule has 2 fully saturated rings. The van der Waals surface area contributed by atoms with E-state index in [0.717, 1.165) is 12.8 Å². The van der Waals surface area contributed by atoms with E-state index in [0.29, 0.717) is 25.7 Å². The van der Waals surface area contributed by atoms with Gasteiger partial charge in [0.2, 0.25) is 5.91 Å². The molecule has 2 aliphatic rings. The van der Waals surface area contributed by atoms with Crippen molar-refractivity contribution in [3.63, 3.8) is 0 Å². The lowest BCUT2D eigenvalue weighted by Crippen LogP contribution is -2.60. The molecule has 4 nitrogen and oxygen atoms in total. The number of piperazine rings is 1. The largest absolute Gasteiger partial charge is 0.401 e. The highest BCUT2D eigenvalue weighted by Crippen LogP contribution is 2.33. The third-order valence-corrected chi connectivity index (χ3v) is 4.15. The zero-order valence-electron chi connectivity index (χ0n) is 11.0. The van der Waals surface area contributed by atoms with E-state index in [-0.39, 0.29) is 17.9 Å². The Kier molecular flexibility index (Phi) is 4.06. The average molecular weight is 279 g/mol. The molecular formula is C12H20F3N3O. The molecule has 110 valence electrons. The number of nitrogens with two attached hydrogens (primary N) is 1. The Hall–Kier alpha value is -0.820. The summed E-state index contributed by atoms with van der Waals surface area (Å²) >= 11 is 0. The number of hydrogen-bond donors (Lipinski definition) is 1. The van der Waals surface area contributed by atoms with Gasteiger partial charge in [0.25, 0.3) is 0 Å². The van der Waals surface area contributed by atoms with Gasteiger partial charge in [-0.05, 0) is 19.8 Å². The number of hydrogen-bond acceptors (Lipinski definition) is 3. The van der Waals surface area contributed by atoms with Crippen LogP contribution in [0.5, 0.6) is 0 Å². The molecule has 19 heavy (non-hydrogen) atoms. The third-order valence-electron chi connectivity index (χ3n) is 4.15. The lowest BCUT2D eigenvalue weighted by molar-refractivity contribution is -0.154.